The predicted octanol–water partition coefficient (Wildman–Crippen LogP) is 4.96. The molecule has 168 valence electrons. The van der Waals surface area contributed by atoms with Crippen LogP contribution in [0, 0.1) is 5.92 Å². The van der Waals surface area contributed by atoms with Crippen LogP contribution in [0.25, 0.3) is 11.3 Å². The van der Waals surface area contributed by atoms with E-state index in [4.69, 9.17) is 5.11 Å². The van der Waals surface area contributed by atoms with Crippen molar-refractivity contribution in [2.24, 2.45) is 5.92 Å². The summed E-state index contributed by atoms with van der Waals surface area (Å²) in [5, 5.41) is 9.16. The highest BCUT2D eigenvalue weighted by Gasteiger charge is 2.31. The maximum atomic E-state index is 12.9. The number of alkyl halides is 6. The summed E-state index contributed by atoms with van der Waals surface area (Å²) in [6, 6.07) is 4.26. The molecule has 1 N–H and O–H groups in total. The normalized spacial score (nSPS) is 15.9. The topological polar surface area (TPSA) is 66.3 Å². The van der Waals surface area contributed by atoms with E-state index in [2.05, 4.69) is 9.97 Å². The van der Waals surface area contributed by atoms with Gasteiger partial charge in [0, 0.05) is 31.3 Å². The lowest BCUT2D eigenvalue weighted by Crippen LogP contribution is -2.37. The third kappa shape index (κ3) is 5.86. The molecule has 1 aliphatic heterocycles. The molecule has 11 heteroatoms. The fourth-order valence-corrected chi connectivity index (χ4v) is 3.38. The van der Waals surface area contributed by atoms with E-state index in [0.29, 0.717) is 31.5 Å². The fourth-order valence-electron chi connectivity index (χ4n) is 3.38. The number of piperidine rings is 1. The molecule has 0 unspecified atom stereocenters. The van der Waals surface area contributed by atoms with Crippen LogP contribution in [-0.4, -0.2) is 40.3 Å². The second kappa shape index (κ2) is 8.72. The van der Waals surface area contributed by atoms with Crippen LogP contribution < -0.4 is 4.90 Å². The molecule has 0 atom stereocenters. The first-order valence-corrected chi connectivity index (χ1v) is 9.52. The number of anilines is 1. The third-order valence-electron chi connectivity index (χ3n) is 5.10. The second-order valence-electron chi connectivity index (χ2n) is 7.32. The first-order chi connectivity index (χ1) is 14.4. The Morgan fingerprint density at radius 1 is 1.06 bits per heavy atom. The number of aromatic nitrogens is 2. The highest BCUT2D eigenvalue weighted by atomic mass is 19.4. The molecular formula is C20H19F6N3O2. The molecule has 1 aromatic carbocycles. The zero-order valence-electron chi connectivity index (χ0n) is 16.2. The van der Waals surface area contributed by atoms with Crippen LogP contribution in [0.2, 0.25) is 0 Å². The molecule has 5 nitrogen and oxygen atoms in total. The maximum absolute atomic E-state index is 12.9. The molecule has 2 aromatic rings. The smallest absolute Gasteiger partial charge is 0.416 e. The number of halogens is 6. The average Bonchev–Trinajstić information content (AvgIpc) is 2.71. The molecule has 0 bridgehead atoms. The maximum Gasteiger partial charge on any atom is 0.416 e. The molecule has 0 saturated carbocycles. The Labute approximate surface area is 173 Å². The summed E-state index contributed by atoms with van der Waals surface area (Å²) in [5.41, 5.74) is -0.172. The summed E-state index contributed by atoms with van der Waals surface area (Å²) in [7, 11) is 0. The SMILES string of the molecule is O=C(O)C1CCN(c2nc(CCC(F)(F)F)cnc2-c2ccc(C(F)(F)F)cc2)CC1. The lowest BCUT2D eigenvalue weighted by Gasteiger charge is -2.32. The molecule has 3 rings (SSSR count). The molecule has 0 radical (unpaired) electrons. The minimum Gasteiger partial charge on any atom is -0.481 e. The largest absolute Gasteiger partial charge is 0.481 e. The van der Waals surface area contributed by atoms with Gasteiger partial charge in [0.25, 0.3) is 0 Å². The van der Waals surface area contributed by atoms with Crippen molar-refractivity contribution in [2.75, 3.05) is 18.0 Å². The molecule has 0 aliphatic carbocycles. The molecule has 1 aliphatic rings. The highest BCUT2D eigenvalue weighted by Crippen LogP contribution is 2.34. The zero-order chi connectivity index (χ0) is 22.8. The Morgan fingerprint density at radius 3 is 2.19 bits per heavy atom. The van der Waals surface area contributed by atoms with Gasteiger partial charge in [-0.2, -0.15) is 26.3 Å². The Hall–Kier alpha value is -2.85. The van der Waals surface area contributed by atoms with Gasteiger partial charge in [-0.1, -0.05) is 12.1 Å². The Morgan fingerprint density at radius 2 is 1.68 bits per heavy atom. The number of nitrogens with zero attached hydrogens (tertiary/aromatic N) is 3. The first-order valence-electron chi connectivity index (χ1n) is 9.52. The van der Waals surface area contributed by atoms with E-state index in [1.165, 1.54) is 18.3 Å². The number of carboxylic acid groups (broad SMARTS) is 1. The van der Waals surface area contributed by atoms with Gasteiger partial charge in [-0.3, -0.25) is 9.78 Å². The third-order valence-corrected chi connectivity index (χ3v) is 5.10. The van der Waals surface area contributed by atoms with Crippen LogP contribution in [-0.2, 0) is 17.4 Å². The van der Waals surface area contributed by atoms with Crippen molar-refractivity contribution in [3.8, 4) is 11.3 Å². The van der Waals surface area contributed by atoms with Gasteiger partial charge in [-0.05, 0) is 31.4 Å². The number of aliphatic carboxylic acids is 1. The van der Waals surface area contributed by atoms with E-state index in [9.17, 15) is 31.1 Å². The quantitative estimate of drug-likeness (QED) is 0.657. The van der Waals surface area contributed by atoms with Crippen molar-refractivity contribution < 1.29 is 36.2 Å². The number of carbonyl (C=O) groups is 1. The van der Waals surface area contributed by atoms with Crippen molar-refractivity contribution in [3.05, 3.63) is 41.7 Å². The molecular weight excluding hydrogens is 428 g/mol. The van der Waals surface area contributed by atoms with E-state index in [-0.39, 0.29) is 23.6 Å². The van der Waals surface area contributed by atoms with Crippen LogP contribution in [0.4, 0.5) is 32.2 Å². The van der Waals surface area contributed by atoms with Gasteiger partial charge in [0.1, 0.15) is 5.69 Å². The average molecular weight is 447 g/mol. The van der Waals surface area contributed by atoms with E-state index >= 15 is 0 Å². The van der Waals surface area contributed by atoms with E-state index < -0.39 is 36.2 Å². The van der Waals surface area contributed by atoms with Crippen LogP contribution in [0.15, 0.2) is 30.5 Å². The summed E-state index contributed by atoms with van der Waals surface area (Å²) in [6.45, 7) is 0.587. The minimum atomic E-state index is -4.51. The molecule has 2 heterocycles. The van der Waals surface area contributed by atoms with Crippen molar-refractivity contribution >= 4 is 11.8 Å². The second-order valence-corrected chi connectivity index (χ2v) is 7.32. The van der Waals surface area contributed by atoms with Gasteiger partial charge in [-0.25, -0.2) is 4.98 Å². The van der Waals surface area contributed by atoms with Gasteiger partial charge in [0.05, 0.1) is 17.2 Å². The molecule has 0 spiro atoms. The fraction of sp³-hybridized carbons (Fsp3) is 0.450. The summed E-state index contributed by atoms with van der Waals surface area (Å²) < 4.78 is 76.3. The summed E-state index contributed by atoms with van der Waals surface area (Å²) in [5.74, 6) is -1.22. The minimum absolute atomic E-state index is 0.100. The van der Waals surface area contributed by atoms with Gasteiger partial charge >= 0.3 is 18.3 Å². The van der Waals surface area contributed by atoms with Crippen LogP contribution in [0.3, 0.4) is 0 Å². The lowest BCUT2D eigenvalue weighted by atomic mass is 9.96. The number of hydrogen-bond donors (Lipinski definition) is 1. The van der Waals surface area contributed by atoms with Gasteiger partial charge in [0.15, 0.2) is 5.82 Å². The Kier molecular flexibility index (Phi) is 6.42. The predicted molar refractivity (Wildman–Crippen MR) is 99.4 cm³/mol. The van der Waals surface area contributed by atoms with E-state index in [1.807, 2.05) is 0 Å². The number of aryl methyl sites for hydroxylation is 1. The standard InChI is InChI=1S/C20H19F6N3O2/c21-19(22,23)8-5-15-11-27-16(12-1-3-14(4-2-12)20(24,25)26)17(28-15)29-9-6-13(7-10-29)18(30)31/h1-4,11,13H,5-10H2,(H,30,31). The van der Waals surface area contributed by atoms with Crippen LogP contribution >= 0.6 is 0 Å². The summed E-state index contributed by atoms with van der Waals surface area (Å²) >= 11 is 0. The van der Waals surface area contributed by atoms with Gasteiger partial charge < -0.3 is 10.0 Å². The summed E-state index contributed by atoms with van der Waals surface area (Å²) in [6.07, 6.45) is -8.52. The van der Waals surface area contributed by atoms with Gasteiger partial charge in [-0.15, -0.1) is 0 Å². The molecule has 0 amide bonds. The molecule has 1 fully saturated rings. The number of carboxylic acids is 1. The lowest BCUT2D eigenvalue weighted by molar-refractivity contribution is -0.142. The molecule has 1 aromatic heterocycles. The van der Waals surface area contributed by atoms with Crippen molar-refractivity contribution in [1.82, 2.24) is 9.97 Å². The first kappa shape index (κ1) is 22.8. The number of benzene rings is 1. The number of hydrogen-bond acceptors (Lipinski definition) is 4. The van der Waals surface area contributed by atoms with E-state index in [0.717, 1.165) is 12.1 Å². The Bertz CT molecular complexity index is 920. The van der Waals surface area contributed by atoms with Crippen LogP contribution in [0.5, 0.6) is 0 Å². The summed E-state index contributed by atoms with van der Waals surface area (Å²) in [4.78, 5) is 21.4. The van der Waals surface area contributed by atoms with E-state index in [1.54, 1.807) is 4.90 Å². The Balaban J connectivity index is 1.93. The van der Waals surface area contributed by atoms with Crippen molar-refractivity contribution in [2.45, 2.75) is 38.0 Å². The monoisotopic (exact) mass is 447 g/mol. The van der Waals surface area contributed by atoms with Gasteiger partial charge in [0.2, 0.25) is 0 Å². The van der Waals surface area contributed by atoms with Crippen molar-refractivity contribution in [1.29, 1.82) is 0 Å². The zero-order valence-corrected chi connectivity index (χ0v) is 16.2. The highest BCUT2D eigenvalue weighted by molar-refractivity contribution is 5.74. The van der Waals surface area contributed by atoms with Crippen LogP contribution in [0.1, 0.15) is 30.5 Å². The molecule has 1 saturated heterocycles. The van der Waals surface area contributed by atoms with Crippen molar-refractivity contribution in [3.63, 3.8) is 0 Å². The number of rotatable bonds is 5. The molecule has 31 heavy (non-hydrogen) atoms.